The van der Waals surface area contributed by atoms with Gasteiger partial charge in [-0.1, -0.05) is 11.6 Å². The number of aromatic nitrogens is 2. The highest BCUT2D eigenvalue weighted by Crippen LogP contribution is 2.21. The van der Waals surface area contributed by atoms with Gasteiger partial charge in [0.15, 0.2) is 0 Å². The molecule has 15 heavy (non-hydrogen) atoms. The van der Waals surface area contributed by atoms with E-state index in [1.807, 2.05) is 25.2 Å². The summed E-state index contributed by atoms with van der Waals surface area (Å²) in [5.41, 5.74) is 1.97. The van der Waals surface area contributed by atoms with Gasteiger partial charge in [-0.2, -0.15) is 0 Å². The fraction of sp³-hybridized carbons (Fsp3) is 0.0909. The van der Waals surface area contributed by atoms with E-state index >= 15 is 0 Å². The third kappa shape index (κ3) is 2.25. The Morgan fingerprint density at radius 3 is 2.60 bits per heavy atom. The van der Waals surface area contributed by atoms with Crippen molar-refractivity contribution in [3.8, 4) is 11.1 Å². The first-order chi connectivity index (χ1) is 7.29. The van der Waals surface area contributed by atoms with E-state index in [4.69, 9.17) is 11.6 Å². The monoisotopic (exact) mass is 219 g/mol. The SMILES string of the molecule is CNc1ccc(-c2cncc(Cl)c2)cn1. The first kappa shape index (κ1) is 9.93. The quantitative estimate of drug-likeness (QED) is 0.844. The lowest BCUT2D eigenvalue weighted by atomic mass is 10.1. The second-order valence-corrected chi connectivity index (χ2v) is 3.51. The third-order valence-electron chi connectivity index (χ3n) is 2.06. The highest BCUT2D eigenvalue weighted by Gasteiger charge is 1.99. The van der Waals surface area contributed by atoms with Crippen LogP contribution in [0.25, 0.3) is 11.1 Å². The van der Waals surface area contributed by atoms with Gasteiger partial charge in [0.2, 0.25) is 0 Å². The third-order valence-corrected chi connectivity index (χ3v) is 2.26. The minimum Gasteiger partial charge on any atom is -0.373 e. The van der Waals surface area contributed by atoms with Crippen LogP contribution in [0.5, 0.6) is 0 Å². The largest absolute Gasteiger partial charge is 0.373 e. The van der Waals surface area contributed by atoms with Gasteiger partial charge < -0.3 is 5.32 Å². The average molecular weight is 220 g/mol. The number of anilines is 1. The Hall–Kier alpha value is -1.61. The molecule has 0 saturated heterocycles. The van der Waals surface area contributed by atoms with Gasteiger partial charge in [-0.3, -0.25) is 4.98 Å². The zero-order chi connectivity index (χ0) is 10.7. The summed E-state index contributed by atoms with van der Waals surface area (Å²) in [6.45, 7) is 0. The van der Waals surface area contributed by atoms with E-state index in [0.29, 0.717) is 5.02 Å². The molecule has 2 aromatic heterocycles. The van der Waals surface area contributed by atoms with Crippen molar-refractivity contribution in [1.82, 2.24) is 9.97 Å². The van der Waals surface area contributed by atoms with E-state index in [1.54, 1.807) is 18.6 Å². The molecule has 0 aliphatic rings. The van der Waals surface area contributed by atoms with Gasteiger partial charge in [0.05, 0.1) is 5.02 Å². The predicted molar refractivity (Wildman–Crippen MR) is 62.0 cm³/mol. The van der Waals surface area contributed by atoms with Gasteiger partial charge in [0.25, 0.3) is 0 Å². The Labute approximate surface area is 93.1 Å². The molecule has 0 fully saturated rings. The summed E-state index contributed by atoms with van der Waals surface area (Å²) in [6.07, 6.45) is 5.17. The van der Waals surface area contributed by atoms with E-state index in [1.165, 1.54) is 0 Å². The molecule has 76 valence electrons. The van der Waals surface area contributed by atoms with E-state index in [-0.39, 0.29) is 0 Å². The van der Waals surface area contributed by atoms with Crippen molar-refractivity contribution in [3.05, 3.63) is 41.8 Å². The van der Waals surface area contributed by atoms with Crippen LogP contribution in [0.1, 0.15) is 0 Å². The number of halogens is 1. The van der Waals surface area contributed by atoms with Crippen molar-refractivity contribution in [1.29, 1.82) is 0 Å². The molecule has 0 spiro atoms. The lowest BCUT2D eigenvalue weighted by Crippen LogP contribution is -1.91. The molecule has 2 rings (SSSR count). The minimum atomic E-state index is 0.630. The fourth-order valence-electron chi connectivity index (χ4n) is 1.28. The van der Waals surface area contributed by atoms with Gasteiger partial charge in [-0.05, 0) is 18.2 Å². The van der Waals surface area contributed by atoms with Gasteiger partial charge >= 0.3 is 0 Å². The van der Waals surface area contributed by atoms with Crippen LogP contribution in [0.2, 0.25) is 5.02 Å². The molecule has 0 bridgehead atoms. The van der Waals surface area contributed by atoms with Crippen LogP contribution >= 0.6 is 11.6 Å². The number of nitrogens with zero attached hydrogens (tertiary/aromatic N) is 2. The Morgan fingerprint density at radius 1 is 1.13 bits per heavy atom. The smallest absolute Gasteiger partial charge is 0.125 e. The zero-order valence-corrected chi connectivity index (χ0v) is 8.99. The summed E-state index contributed by atoms with van der Waals surface area (Å²) in [4.78, 5) is 8.25. The second-order valence-electron chi connectivity index (χ2n) is 3.07. The van der Waals surface area contributed by atoms with Crippen molar-refractivity contribution in [2.75, 3.05) is 12.4 Å². The summed E-state index contributed by atoms with van der Waals surface area (Å²) in [6, 6.07) is 5.76. The first-order valence-electron chi connectivity index (χ1n) is 4.54. The van der Waals surface area contributed by atoms with Gasteiger partial charge in [-0.15, -0.1) is 0 Å². The maximum atomic E-state index is 5.86. The molecule has 0 aliphatic carbocycles. The maximum absolute atomic E-state index is 5.86. The molecule has 0 radical (unpaired) electrons. The Morgan fingerprint density at radius 2 is 2.00 bits per heavy atom. The highest BCUT2D eigenvalue weighted by atomic mass is 35.5. The Balaban J connectivity index is 2.37. The molecule has 0 saturated carbocycles. The number of hydrogen-bond donors (Lipinski definition) is 1. The van der Waals surface area contributed by atoms with Crippen LogP contribution in [-0.2, 0) is 0 Å². The van der Waals surface area contributed by atoms with Gasteiger partial charge in [0.1, 0.15) is 5.82 Å². The van der Waals surface area contributed by atoms with Gasteiger partial charge in [-0.25, -0.2) is 4.98 Å². The predicted octanol–water partition coefficient (Wildman–Crippen LogP) is 2.84. The molecule has 2 aromatic rings. The van der Waals surface area contributed by atoms with Crippen LogP contribution in [0.4, 0.5) is 5.82 Å². The van der Waals surface area contributed by atoms with Crippen LogP contribution in [0, 0.1) is 0 Å². The number of hydrogen-bond acceptors (Lipinski definition) is 3. The lowest BCUT2D eigenvalue weighted by Gasteiger charge is -2.02. The number of rotatable bonds is 2. The van der Waals surface area contributed by atoms with Gasteiger partial charge in [0, 0.05) is 36.8 Å². The summed E-state index contributed by atoms with van der Waals surface area (Å²) in [5.74, 6) is 0.841. The van der Waals surface area contributed by atoms with Crippen molar-refractivity contribution >= 4 is 17.4 Å². The molecule has 4 heteroatoms. The normalized spacial score (nSPS) is 10.0. The Kier molecular flexibility index (Phi) is 2.83. The van der Waals surface area contributed by atoms with Crippen LogP contribution in [0.3, 0.4) is 0 Å². The standard InChI is InChI=1S/C11H10ClN3/c1-13-11-3-2-8(6-15-11)9-4-10(12)7-14-5-9/h2-7H,1H3,(H,13,15). The van der Waals surface area contributed by atoms with Crippen LogP contribution < -0.4 is 5.32 Å². The van der Waals surface area contributed by atoms with Crippen molar-refractivity contribution < 1.29 is 0 Å². The summed E-state index contributed by atoms with van der Waals surface area (Å²) < 4.78 is 0. The molecule has 0 unspecified atom stereocenters. The van der Waals surface area contributed by atoms with E-state index in [2.05, 4.69) is 15.3 Å². The van der Waals surface area contributed by atoms with E-state index in [0.717, 1.165) is 16.9 Å². The zero-order valence-electron chi connectivity index (χ0n) is 8.24. The molecule has 3 nitrogen and oxygen atoms in total. The highest BCUT2D eigenvalue weighted by molar-refractivity contribution is 6.30. The van der Waals surface area contributed by atoms with Crippen molar-refractivity contribution in [2.24, 2.45) is 0 Å². The summed E-state index contributed by atoms with van der Waals surface area (Å²) in [5, 5.41) is 3.59. The minimum absolute atomic E-state index is 0.630. The lowest BCUT2D eigenvalue weighted by molar-refractivity contribution is 1.27. The van der Waals surface area contributed by atoms with Crippen molar-refractivity contribution in [2.45, 2.75) is 0 Å². The Bertz CT molecular complexity index is 454. The van der Waals surface area contributed by atoms with E-state index in [9.17, 15) is 0 Å². The first-order valence-corrected chi connectivity index (χ1v) is 4.92. The number of pyridine rings is 2. The maximum Gasteiger partial charge on any atom is 0.125 e. The number of nitrogens with one attached hydrogen (secondary N) is 1. The van der Waals surface area contributed by atoms with E-state index < -0.39 is 0 Å². The van der Waals surface area contributed by atoms with Crippen LogP contribution in [0.15, 0.2) is 36.8 Å². The molecule has 0 atom stereocenters. The summed E-state index contributed by atoms with van der Waals surface area (Å²) in [7, 11) is 1.84. The molecule has 1 N–H and O–H groups in total. The molecule has 0 aromatic carbocycles. The molecular formula is C11H10ClN3. The average Bonchev–Trinajstić information content (AvgIpc) is 2.29. The topological polar surface area (TPSA) is 37.8 Å². The van der Waals surface area contributed by atoms with Crippen molar-refractivity contribution in [3.63, 3.8) is 0 Å². The second kappa shape index (κ2) is 4.28. The molecule has 0 amide bonds. The molecule has 0 aliphatic heterocycles. The fourth-order valence-corrected chi connectivity index (χ4v) is 1.46. The van der Waals surface area contributed by atoms with Crippen LogP contribution in [-0.4, -0.2) is 17.0 Å². The molecular weight excluding hydrogens is 210 g/mol. The molecule has 2 heterocycles. The summed E-state index contributed by atoms with van der Waals surface area (Å²) >= 11 is 5.86.